The van der Waals surface area contributed by atoms with Gasteiger partial charge in [0.15, 0.2) is 0 Å². The number of anilines is 1. The molecule has 0 bridgehead atoms. The molecule has 0 aliphatic heterocycles. The predicted octanol–water partition coefficient (Wildman–Crippen LogP) is 5.14. The van der Waals surface area contributed by atoms with E-state index in [9.17, 15) is 14.7 Å². The molecule has 178 valence electrons. The molecule has 0 atom stereocenters. The number of para-hydroxylation sites is 1. The van der Waals surface area contributed by atoms with Crippen LogP contribution in [0.4, 0.5) is 10.5 Å². The summed E-state index contributed by atoms with van der Waals surface area (Å²) in [5.41, 5.74) is 2.72. The van der Waals surface area contributed by atoms with Crippen molar-refractivity contribution in [3.8, 4) is 22.8 Å². The third-order valence-electron chi connectivity index (χ3n) is 6.11. The van der Waals surface area contributed by atoms with E-state index >= 15 is 0 Å². The van der Waals surface area contributed by atoms with Gasteiger partial charge in [0.2, 0.25) is 0 Å². The van der Waals surface area contributed by atoms with E-state index in [1.54, 1.807) is 36.4 Å². The number of phenolic OH excluding ortho intramolecular Hbond substituents is 1. The van der Waals surface area contributed by atoms with Gasteiger partial charge in [-0.05, 0) is 49.6 Å². The maximum atomic E-state index is 12.7. The first kappa shape index (κ1) is 23.4. The number of aromatic hydroxyl groups is 1. The van der Waals surface area contributed by atoms with E-state index in [4.69, 9.17) is 4.74 Å². The second kappa shape index (κ2) is 10.4. The molecule has 0 spiro atoms. The second-order valence-corrected chi connectivity index (χ2v) is 8.47. The molecule has 1 aliphatic rings. The van der Waals surface area contributed by atoms with E-state index in [1.807, 2.05) is 13.0 Å². The van der Waals surface area contributed by atoms with Gasteiger partial charge in [0.1, 0.15) is 11.5 Å². The van der Waals surface area contributed by atoms with Gasteiger partial charge in [-0.2, -0.15) is 9.78 Å². The number of rotatable bonds is 7. The van der Waals surface area contributed by atoms with Gasteiger partial charge in [-0.25, -0.2) is 4.79 Å². The molecule has 1 aliphatic carbocycles. The maximum Gasteiger partial charge on any atom is 0.342 e. The van der Waals surface area contributed by atoms with Crippen LogP contribution >= 0.6 is 0 Å². The lowest BCUT2D eigenvalue weighted by Crippen LogP contribution is -2.31. The molecule has 4 rings (SSSR count). The van der Waals surface area contributed by atoms with Gasteiger partial charge >= 0.3 is 6.03 Å². The smallest absolute Gasteiger partial charge is 0.342 e. The number of nitrogens with zero attached hydrogens (tertiary/aromatic N) is 2. The summed E-state index contributed by atoms with van der Waals surface area (Å²) in [7, 11) is 1.51. The number of carbonyl (C=O) groups is 2. The number of amides is 2. The van der Waals surface area contributed by atoms with Crippen molar-refractivity contribution in [1.29, 1.82) is 0 Å². The van der Waals surface area contributed by atoms with E-state index < -0.39 is 0 Å². The zero-order chi connectivity index (χ0) is 24.1. The molecule has 2 aromatic carbocycles. The minimum Gasteiger partial charge on any atom is -0.507 e. The molecular formula is C26H30N4O4. The Hall–Kier alpha value is -3.81. The molecule has 1 heterocycles. The molecule has 0 saturated heterocycles. The molecule has 2 amide bonds. The van der Waals surface area contributed by atoms with Gasteiger partial charge in [-0.1, -0.05) is 31.9 Å². The summed E-state index contributed by atoms with van der Waals surface area (Å²) in [5, 5.41) is 21.0. The molecule has 1 aromatic heterocycles. The van der Waals surface area contributed by atoms with E-state index in [1.165, 1.54) is 17.9 Å². The molecule has 3 aromatic rings. The Morgan fingerprint density at radius 1 is 1.15 bits per heavy atom. The third kappa shape index (κ3) is 4.90. The highest BCUT2D eigenvalue weighted by Crippen LogP contribution is 2.38. The Morgan fingerprint density at radius 2 is 1.91 bits per heavy atom. The molecule has 1 fully saturated rings. The van der Waals surface area contributed by atoms with Gasteiger partial charge < -0.3 is 20.5 Å². The lowest BCUT2D eigenvalue weighted by Gasteiger charge is -2.11. The quantitative estimate of drug-likeness (QED) is 0.451. The zero-order valence-electron chi connectivity index (χ0n) is 19.5. The Kier molecular flexibility index (Phi) is 7.15. The first-order valence-electron chi connectivity index (χ1n) is 11.7. The van der Waals surface area contributed by atoms with Crippen LogP contribution in [-0.4, -0.2) is 40.5 Å². The topological polar surface area (TPSA) is 105 Å². The van der Waals surface area contributed by atoms with Crippen LogP contribution in [0.3, 0.4) is 0 Å². The number of carbonyl (C=O) groups excluding carboxylic acids is 2. The van der Waals surface area contributed by atoms with Crippen molar-refractivity contribution in [3.05, 3.63) is 59.8 Å². The fourth-order valence-corrected chi connectivity index (χ4v) is 4.37. The summed E-state index contributed by atoms with van der Waals surface area (Å²) >= 11 is 0. The predicted molar refractivity (Wildman–Crippen MR) is 131 cm³/mol. The average Bonchev–Trinajstić information content (AvgIpc) is 3.53. The van der Waals surface area contributed by atoms with Gasteiger partial charge in [-0.3, -0.25) is 4.79 Å². The molecule has 8 nitrogen and oxygen atoms in total. The van der Waals surface area contributed by atoms with Gasteiger partial charge in [0.25, 0.3) is 5.91 Å². The standard InChI is InChI=1S/C26H30N4O4/c1-3-14-27-26(33)30-22(17-8-4-5-9-17)16-21(29-30)19-13-12-18(15-23(19)31)28-25(32)20-10-6-7-11-24(20)34-2/h6-7,10-13,15-17,31H,3-5,8-9,14H2,1-2H3,(H,27,33)(H,28,32). The minimum atomic E-state index is -0.343. The third-order valence-corrected chi connectivity index (χ3v) is 6.11. The summed E-state index contributed by atoms with van der Waals surface area (Å²) in [4.78, 5) is 25.4. The van der Waals surface area contributed by atoms with E-state index in [2.05, 4.69) is 15.7 Å². The van der Waals surface area contributed by atoms with Crippen LogP contribution in [0, 0.1) is 0 Å². The Morgan fingerprint density at radius 3 is 2.62 bits per heavy atom. The van der Waals surface area contributed by atoms with Crippen molar-refractivity contribution in [2.24, 2.45) is 0 Å². The number of nitrogens with one attached hydrogen (secondary N) is 2. The Labute approximate surface area is 198 Å². The Balaban J connectivity index is 1.60. The molecule has 3 N–H and O–H groups in total. The Bertz CT molecular complexity index is 1180. The van der Waals surface area contributed by atoms with Crippen molar-refractivity contribution in [3.63, 3.8) is 0 Å². The number of aromatic nitrogens is 2. The summed E-state index contributed by atoms with van der Waals surface area (Å²) in [6.45, 7) is 2.57. The average molecular weight is 463 g/mol. The number of hydrogen-bond acceptors (Lipinski definition) is 5. The SMILES string of the molecule is CCCNC(=O)n1nc(-c2ccc(NC(=O)c3ccccc3OC)cc2O)cc1C1CCCC1. The summed E-state index contributed by atoms with van der Waals surface area (Å²) in [6, 6.07) is 13.4. The molecule has 0 unspecified atom stereocenters. The normalized spacial score (nSPS) is 13.6. The highest BCUT2D eigenvalue weighted by atomic mass is 16.5. The van der Waals surface area contributed by atoms with Crippen LogP contribution in [-0.2, 0) is 0 Å². The number of methoxy groups -OCH3 is 1. The van der Waals surface area contributed by atoms with Crippen molar-refractivity contribution < 1.29 is 19.4 Å². The summed E-state index contributed by atoms with van der Waals surface area (Å²) < 4.78 is 6.69. The second-order valence-electron chi connectivity index (χ2n) is 8.47. The van der Waals surface area contributed by atoms with Gasteiger partial charge in [-0.15, -0.1) is 0 Å². The summed E-state index contributed by atoms with van der Waals surface area (Å²) in [5.74, 6) is 0.363. The molecule has 34 heavy (non-hydrogen) atoms. The number of benzene rings is 2. The zero-order valence-corrected chi connectivity index (χ0v) is 19.5. The van der Waals surface area contributed by atoms with Crippen LogP contribution in [0.2, 0.25) is 0 Å². The van der Waals surface area contributed by atoms with E-state index in [0.29, 0.717) is 34.8 Å². The van der Waals surface area contributed by atoms with Crippen molar-refractivity contribution in [2.45, 2.75) is 44.9 Å². The largest absolute Gasteiger partial charge is 0.507 e. The van der Waals surface area contributed by atoms with E-state index in [-0.39, 0.29) is 23.6 Å². The maximum absolute atomic E-state index is 12.7. The lowest BCUT2D eigenvalue weighted by atomic mass is 10.0. The summed E-state index contributed by atoms with van der Waals surface area (Å²) in [6.07, 6.45) is 5.14. The molecule has 8 heteroatoms. The molecular weight excluding hydrogens is 432 g/mol. The van der Waals surface area contributed by atoms with Crippen molar-refractivity contribution in [2.75, 3.05) is 19.0 Å². The minimum absolute atomic E-state index is 0.0329. The lowest BCUT2D eigenvalue weighted by molar-refractivity contribution is 0.102. The van der Waals surface area contributed by atoms with Crippen LogP contribution in [0.15, 0.2) is 48.5 Å². The van der Waals surface area contributed by atoms with Crippen LogP contribution < -0.4 is 15.4 Å². The fraction of sp³-hybridized carbons (Fsp3) is 0.346. The van der Waals surface area contributed by atoms with Crippen LogP contribution in [0.25, 0.3) is 11.3 Å². The first-order valence-corrected chi connectivity index (χ1v) is 11.7. The first-order chi connectivity index (χ1) is 16.5. The van der Waals surface area contributed by atoms with Gasteiger partial charge in [0.05, 0.1) is 24.1 Å². The fourth-order valence-electron chi connectivity index (χ4n) is 4.37. The monoisotopic (exact) mass is 462 g/mol. The van der Waals surface area contributed by atoms with Crippen molar-refractivity contribution in [1.82, 2.24) is 15.1 Å². The van der Waals surface area contributed by atoms with E-state index in [0.717, 1.165) is 37.8 Å². The highest BCUT2D eigenvalue weighted by Gasteiger charge is 2.26. The highest BCUT2D eigenvalue weighted by molar-refractivity contribution is 6.06. The number of ether oxygens (including phenoxy) is 1. The van der Waals surface area contributed by atoms with Crippen molar-refractivity contribution >= 4 is 17.6 Å². The van der Waals surface area contributed by atoms with Gasteiger partial charge in [0, 0.05) is 29.8 Å². The molecule has 0 radical (unpaired) electrons. The van der Waals surface area contributed by atoms with Crippen LogP contribution in [0.1, 0.15) is 61.0 Å². The number of phenols is 1. The number of hydrogen-bond donors (Lipinski definition) is 3. The van der Waals surface area contributed by atoms with Crippen LogP contribution in [0.5, 0.6) is 11.5 Å². The molecule has 1 saturated carbocycles.